The number of aromatic nitrogens is 1. The second-order valence-corrected chi connectivity index (χ2v) is 4.04. The summed E-state index contributed by atoms with van der Waals surface area (Å²) in [6, 6.07) is 4.76. The Morgan fingerprint density at radius 2 is 2.18 bits per heavy atom. The largest absolute Gasteiger partial charge is 0.245 e. The molecule has 0 unspecified atom stereocenters. The van der Waals surface area contributed by atoms with Crippen LogP contribution >= 0.6 is 0 Å². The number of pyridine rings is 1. The molecule has 4 heteroatoms. The van der Waals surface area contributed by atoms with Crippen molar-refractivity contribution in [2.24, 2.45) is 0 Å². The highest BCUT2D eigenvalue weighted by Crippen LogP contribution is 2.04. The monoisotopic (exact) mass is 170 g/mol. The van der Waals surface area contributed by atoms with E-state index in [0.29, 0.717) is 0 Å². The molecule has 0 bridgehead atoms. The summed E-state index contributed by atoms with van der Waals surface area (Å²) in [5.41, 5.74) is 0. The van der Waals surface area contributed by atoms with Crippen LogP contribution in [0, 0.1) is 6.92 Å². The Bertz CT molecular complexity index is 318. The van der Waals surface area contributed by atoms with E-state index in [1.807, 2.05) is 0 Å². The van der Waals surface area contributed by atoms with E-state index in [1.54, 1.807) is 12.1 Å². The molecule has 0 aromatic carbocycles. The SMILES string of the molecule is [CH2]CS(=O)(=O)c1ccccn1. The Morgan fingerprint density at radius 1 is 1.45 bits per heavy atom. The Labute approximate surface area is 66.0 Å². The molecule has 0 fully saturated rings. The van der Waals surface area contributed by atoms with Gasteiger partial charge >= 0.3 is 0 Å². The van der Waals surface area contributed by atoms with E-state index >= 15 is 0 Å². The zero-order valence-electron chi connectivity index (χ0n) is 5.90. The number of nitrogens with zero attached hydrogens (tertiary/aromatic N) is 1. The molecule has 0 atom stereocenters. The lowest BCUT2D eigenvalue weighted by Crippen LogP contribution is -2.05. The van der Waals surface area contributed by atoms with Gasteiger partial charge in [0.05, 0.1) is 5.75 Å². The molecule has 0 amide bonds. The third kappa shape index (κ3) is 1.77. The Morgan fingerprint density at radius 3 is 2.64 bits per heavy atom. The molecule has 0 N–H and O–H groups in total. The number of sulfone groups is 1. The fourth-order valence-corrected chi connectivity index (χ4v) is 1.35. The lowest BCUT2D eigenvalue weighted by molar-refractivity contribution is 0.595. The molecule has 1 radical (unpaired) electrons. The van der Waals surface area contributed by atoms with Crippen molar-refractivity contribution in [3.05, 3.63) is 31.3 Å². The number of hydrogen-bond acceptors (Lipinski definition) is 3. The molecular weight excluding hydrogens is 162 g/mol. The minimum atomic E-state index is -3.22. The van der Waals surface area contributed by atoms with Gasteiger partial charge in [-0.05, 0) is 19.1 Å². The number of hydrogen-bond donors (Lipinski definition) is 0. The summed E-state index contributed by atoms with van der Waals surface area (Å²) in [7, 11) is -3.22. The fourth-order valence-electron chi connectivity index (χ4n) is 0.636. The van der Waals surface area contributed by atoms with Crippen LogP contribution in [0.1, 0.15) is 0 Å². The third-order valence-corrected chi connectivity index (χ3v) is 2.64. The maximum Gasteiger partial charge on any atom is 0.195 e. The molecule has 0 aliphatic heterocycles. The second kappa shape index (κ2) is 3.00. The topological polar surface area (TPSA) is 47.0 Å². The summed E-state index contributed by atoms with van der Waals surface area (Å²) in [5.74, 6) is -0.149. The van der Waals surface area contributed by atoms with Crippen molar-refractivity contribution in [2.45, 2.75) is 5.03 Å². The Balaban J connectivity index is 3.14. The van der Waals surface area contributed by atoms with Crippen LogP contribution in [0.5, 0.6) is 0 Å². The molecular formula is C7H8NO2S. The van der Waals surface area contributed by atoms with Gasteiger partial charge in [0.1, 0.15) is 0 Å². The molecule has 11 heavy (non-hydrogen) atoms. The highest BCUT2D eigenvalue weighted by molar-refractivity contribution is 7.91. The molecule has 0 saturated carbocycles. The minimum absolute atomic E-state index is 0.0926. The highest BCUT2D eigenvalue weighted by Gasteiger charge is 2.10. The van der Waals surface area contributed by atoms with Gasteiger partial charge in [0, 0.05) is 6.20 Å². The quantitative estimate of drug-likeness (QED) is 0.656. The van der Waals surface area contributed by atoms with Gasteiger partial charge in [0.25, 0.3) is 0 Å². The maximum atomic E-state index is 11.1. The lowest BCUT2D eigenvalue weighted by atomic mass is 10.5. The predicted molar refractivity (Wildman–Crippen MR) is 41.6 cm³/mol. The van der Waals surface area contributed by atoms with Crippen LogP contribution < -0.4 is 0 Å². The third-order valence-electron chi connectivity index (χ3n) is 1.23. The summed E-state index contributed by atoms with van der Waals surface area (Å²) in [4.78, 5) is 3.69. The molecule has 1 aromatic heterocycles. The van der Waals surface area contributed by atoms with Gasteiger partial charge in [0.2, 0.25) is 0 Å². The van der Waals surface area contributed by atoms with Crippen LogP contribution in [0.15, 0.2) is 29.4 Å². The standard InChI is InChI=1S/C7H8NO2S/c1-2-11(9,10)7-5-3-4-6-8-7/h3-6H,1-2H2. The van der Waals surface area contributed by atoms with Crippen LogP contribution in [0.3, 0.4) is 0 Å². The van der Waals surface area contributed by atoms with Gasteiger partial charge in [-0.1, -0.05) is 6.07 Å². The van der Waals surface area contributed by atoms with Crippen molar-refractivity contribution < 1.29 is 8.42 Å². The normalized spacial score (nSPS) is 11.4. The molecule has 0 aliphatic rings. The average molecular weight is 170 g/mol. The van der Waals surface area contributed by atoms with Crippen molar-refractivity contribution in [3.63, 3.8) is 0 Å². The van der Waals surface area contributed by atoms with Crippen molar-refractivity contribution in [1.82, 2.24) is 4.98 Å². The zero-order valence-corrected chi connectivity index (χ0v) is 6.71. The maximum absolute atomic E-state index is 11.1. The van der Waals surface area contributed by atoms with Gasteiger partial charge in [-0.15, -0.1) is 0 Å². The van der Waals surface area contributed by atoms with Crippen molar-refractivity contribution in [2.75, 3.05) is 5.75 Å². The molecule has 0 aliphatic carbocycles. The summed E-state index contributed by atoms with van der Waals surface area (Å²) in [5, 5.41) is 0.0926. The Kier molecular flexibility index (Phi) is 2.24. The molecule has 3 nitrogen and oxygen atoms in total. The van der Waals surface area contributed by atoms with Crippen molar-refractivity contribution >= 4 is 9.84 Å². The Hall–Kier alpha value is -0.900. The van der Waals surface area contributed by atoms with Gasteiger partial charge in [-0.3, -0.25) is 0 Å². The first-order valence-electron chi connectivity index (χ1n) is 3.10. The molecule has 1 heterocycles. The summed E-state index contributed by atoms with van der Waals surface area (Å²) in [6.07, 6.45) is 1.45. The minimum Gasteiger partial charge on any atom is -0.245 e. The molecule has 1 rings (SSSR count). The van der Waals surface area contributed by atoms with Gasteiger partial charge < -0.3 is 0 Å². The highest BCUT2D eigenvalue weighted by atomic mass is 32.2. The first kappa shape index (κ1) is 8.20. The molecule has 0 spiro atoms. The van der Waals surface area contributed by atoms with Gasteiger partial charge in [0.15, 0.2) is 14.9 Å². The van der Waals surface area contributed by atoms with E-state index in [2.05, 4.69) is 11.9 Å². The molecule has 1 aromatic rings. The first-order valence-corrected chi connectivity index (χ1v) is 4.75. The second-order valence-electron chi connectivity index (χ2n) is 1.99. The van der Waals surface area contributed by atoms with E-state index in [9.17, 15) is 8.42 Å². The van der Waals surface area contributed by atoms with Crippen LogP contribution in [-0.4, -0.2) is 19.2 Å². The van der Waals surface area contributed by atoms with Crippen LogP contribution in [-0.2, 0) is 9.84 Å². The number of rotatable bonds is 2. The summed E-state index contributed by atoms with van der Waals surface area (Å²) >= 11 is 0. The van der Waals surface area contributed by atoms with E-state index in [1.165, 1.54) is 12.3 Å². The average Bonchev–Trinajstić information content (AvgIpc) is 2.06. The lowest BCUT2D eigenvalue weighted by Gasteiger charge is -1.96. The molecule has 0 saturated heterocycles. The van der Waals surface area contributed by atoms with Gasteiger partial charge in [-0.25, -0.2) is 13.4 Å². The molecule has 59 valence electrons. The summed E-state index contributed by atoms with van der Waals surface area (Å²) < 4.78 is 22.2. The first-order chi connectivity index (χ1) is 5.17. The smallest absolute Gasteiger partial charge is 0.195 e. The fraction of sp³-hybridized carbons (Fsp3) is 0.143. The van der Waals surface area contributed by atoms with Crippen LogP contribution in [0.4, 0.5) is 0 Å². The predicted octanol–water partition coefficient (Wildman–Crippen LogP) is 0.689. The van der Waals surface area contributed by atoms with Crippen LogP contribution in [0.25, 0.3) is 0 Å². The van der Waals surface area contributed by atoms with E-state index in [0.717, 1.165) is 0 Å². The van der Waals surface area contributed by atoms with E-state index < -0.39 is 9.84 Å². The van der Waals surface area contributed by atoms with Crippen LogP contribution in [0.2, 0.25) is 0 Å². The van der Waals surface area contributed by atoms with Crippen molar-refractivity contribution in [3.8, 4) is 0 Å². The summed E-state index contributed by atoms with van der Waals surface area (Å²) in [6.45, 7) is 3.31. The van der Waals surface area contributed by atoms with E-state index in [-0.39, 0.29) is 10.8 Å². The van der Waals surface area contributed by atoms with Gasteiger partial charge in [-0.2, -0.15) is 0 Å². The zero-order chi connectivity index (χ0) is 8.32. The van der Waals surface area contributed by atoms with E-state index in [4.69, 9.17) is 0 Å². The van der Waals surface area contributed by atoms with Crippen molar-refractivity contribution in [1.29, 1.82) is 0 Å².